The molecule has 0 aliphatic carbocycles. The second-order valence-corrected chi connectivity index (χ2v) is 5.54. The van der Waals surface area contributed by atoms with Crippen LogP contribution < -0.4 is 4.90 Å². The van der Waals surface area contributed by atoms with Crippen LogP contribution in [0, 0.1) is 0 Å². The summed E-state index contributed by atoms with van der Waals surface area (Å²) in [5, 5.41) is 0. The molecule has 18 heavy (non-hydrogen) atoms. The number of rotatable bonds is 1. The summed E-state index contributed by atoms with van der Waals surface area (Å²) < 4.78 is 1.03. The van der Waals surface area contributed by atoms with Gasteiger partial charge in [0.15, 0.2) is 0 Å². The maximum absolute atomic E-state index is 4.50. The highest BCUT2D eigenvalue weighted by Crippen LogP contribution is 2.23. The van der Waals surface area contributed by atoms with E-state index in [0.29, 0.717) is 0 Å². The van der Waals surface area contributed by atoms with E-state index in [1.54, 1.807) is 0 Å². The van der Waals surface area contributed by atoms with Crippen molar-refractivity contribution in [3.8, 4) is 0 Å². The molecule has 3 heteroatoms. The zero-order valence-electron chi connectivity index (χ0n) is 10.1. The fraction of sp³-hybridized carbons (Fsp3) is 0.267. The maximum atomic E-state index is 4.50. The Hall–Kier alpha value is -1.35. The Labute approximate surface area is 116 Å². The van der Waals surface area contributed by atoms with Crippen molar-refractivity contribution in [2.45, 2.75) is 19.4 Å². The van der Waals surface area contributed by atoms with Gasteiger partial charge in [0.25, 0.3) is 0 Å². The highest BCUT2D eigenvalue weighted by Gasteiger charge is 2.14. The van der Waals surface area contributed by atoms with Crippen LogP contribution in [0.1, 0.15) is 17.5 Å². The van der Waals surface area contributed by atoms with Gasteiger partial charge in [0, 0.05) is 23.8 Å². The maximum Gasteiger partial charge on any atom is 0.128 e. The van der Waals surface area contributed by atoms with E-state index in [1.165, 1.54) is 24.0 Å². The zero-order valence-corrected chi connectivity index (χ0v) is 11.7. The van der Waals surface area contributed by atoms with Crippen LogP contribution in [-0.4, -0.2) is 11.5 Å². The van der Waals surface area contributed by atoms with Crippen LogP contribution in [0.2, 0.25) is 0 Å². The van der Waals surface area contributed by atoms with Crippen molar-refractivity contribution in [3.05, 3.63) is 58.2 Å². The second-order valence-electron chi connectivity index (χ2n) is 4.63. The first kappa shape index (κ1) is 11.7. The summed E-state index contributed by atoms with van der Waals surface area (Å²) in [5.74, 6) is 1.06. The van der Waals surface area contributed by atoms with Gasteiger partial charge >= 0.3 is 0 Å². The zero-order chi connectivity index (χ0) is 12.4. The molecule has 92 valence electrons. The molecular formula is C15H15BrN2. The smallest absolute Gasteiger partial charge is 0.128 e. The lowest BCUT2D eigenvalue weighted by molar-refractivity contribution is 0.754. The topological polar surface area (TPSA) is 16.1 Å². The minimum atomic E-state index is 0.963. The van der Waals surface area contributed by atoms with Gasteiger partial charge in [-0.3, -0.25) is 0 Å². The van der Waals surface area contributed by atoms with Gasteiger partial charge in [-0.25, -0.2) is 4.98 Å². The molecule has 1 aliphatic rings. The third-order valence-corrected chi connectivity index (χ3v) is 3.86. The fourth-order valence-corrected chi connectivity index (χ4v) is 2.69. The third-order valence-electron chi connectivity index (χ3n) is 3.39. The van der Waals surface area contributed by atoms with Gasteiger partial charge in [-0.1, -0.05) is 24.3 Å². The summed E-state index contributed by atoms with van der Waals surface area (Å²) in [4.78, 5) is 6.85. The van der Waals surface area contributed by atoms with E-state index in [9.17, 15) is 0 Å². The quantitative estimate of drug-likeness (QED) is 0.796. The average molecular weight is 303 g/mol. The summed E-state index contributed by atoms with van der Waals surface area (Å²) in [5.41, 5.74) is 2.91. The molecule has 1 aromatic carbocycles. The van der Waals surface area contributed by atoms with Gasteiger partial charge in [0.2, 0.25) is 0 Å². The molecule has 0 saturated heterocycles. The van der Waals surface area contributed by atoms with Crippen LogP contribution in [0.15, 0.2) is 47.1 Å². The molecule has 2 aromatic rings. The van der Waals surface area contributed by atoms with Crippen molar-refractivity contribution in [3.63, 3.8) is 0 Å². The number of aromatic nitrogens is 1. The molecule has 0 saturated carbocycles. The largest absolute Gasteiger partial charge is 0.352 e. The SMILES string of the molecule is Brc1ccc(N2CCCc3ccccc3C2)nc1. The van der Waals surface area contributed by atoms with E-state index >= 15 is 0 Å². The Morgan fingerprint density at radius 2 is 1.89 bits per heavy atom. The molecule has 0 atom stereocenters. The predicted octanol–water partition coefficient (Wildman–Crippen LogP) is 3.80. The van der Waals surface area contributed by atoms with E-state index in [0.717, 1.165) is 23.4 Å². The minimum absolute atomic E-state index is 0.963. The van der Waals surface area contributed by atoms with Gasteiger partial charge < -0.3 is 4.90 Å². The molecule has 1 aliphatic heterocycles. The molecule has 0 unspecified atom stereocenters. The van der Waals surface area contributed by atoms with E-state index in [1.807, 2.05) is 6.20 Å². The van der Waals surface area contributed by atoms with Gasteiger partial charge in [-0.05, 0) is 52.0 Å². The van der Waals surface area contributed by atoms with Crippen LogP contribution in [0.4, 0.5) is 5.82 Å². The van der Waals surface area contributed by atoms with Crippen LogP contribution in [0.5, 0.6) is 0 Å². The number of nitrogens with zero attached hydrogens (tertiary/aromatic N) is 2. The van der Waals surface area contributed by atoms with Gasteiger partial charge in [0.05, 0.1) is 0 Å². The lowest BCUT2D eigenvalue weighted by atomic mass is 10.0. The Morgan fingerprint density at radius 1 is 1.06 bits per heavy atom. The van der Waals surface area contributed by atoms with Gasteiger partial charge in [-0.2, -0.15) is 0 Å². The van der Waals surface area contributed by atoms with Crippen LogP contribution in [-0.2, 0) is 13.0 Å². The molecule has 0 bridgehead atoms. The lowest BCUT2D eigenvalue weighted by Crippen LogP contribution is -2.23. The third kappa shape index (κ3) is 2.41. The van der Waals surface area contributed by atoms with Crippen LogP contribution in [0.25, 0.3) is 0 Å². The molecule has 1 aromatic heterocycles. The molecular weight excluding hydrogens is 288 g/mol. The van der Waals surface area contributed by atoms with E-state index in [4.69, 9.17) is 0 Å². The predicted molar refractivity (Wildman–Crippen MR) is 77.8 cm³/mol. The van der Waals surface area contributed by atoms with E-state index in [-0.39, 0.29) is 0 Å². The van der Waals surface area contributed by atoms with Crippen LogP contribution >= 0.6 is 15.9 Å². The number of hydrogen-bond acceptors (Lipinski definition) is 2. The summed E-state index contributed by atoms with van der Waals surface area (Å²) in [7, 11) is 0. The van der Waals surface area contributed by atoms with Crippen molar-refractivity contribution in [2.24, 2.45) is 0 Å². The highest BCUT2D eigenvalue weighted by atomic mass is 79.9. The number of pyridine rings is 1. The Kier molecular flexibility index (Phi) is 3.33. The van der Waals surface area contributed by atoms with E-state index in [2.05, 4.69) is 62.2 Å². The van der Waals surface area contributed by atoms with E-state index < -0.39 is 0 Å². The number of aryl methyl sites for hydroxylation is 1. The number of anilines is 1. The Bertz CT molecular complexity index is 536. The Balaban J connectivity index is 1.89. The fourth-order valence-electron chi connectivity index (χ4n) is 2.45. The van der Waals surface area contributed by atoms with Crippen molar-refractivity contribution >= 4 is 21.7 Å². The first-order valence-electron chi connectivity index (χ1n) is 6.26. The monoisotopic (exact) mass is 302 g/mol. The molecule has 0 fully saturated rings. The summed E-state index contributed by atoms with van der Waals surface area (Å²) >= 11 is 3.43. The normalized spacial score (nSPS) is 15.1. The van der Waals surface area contributed by atoms with Crippen molar-refractivity contribution in [1.29, 1.82) is 0 Å². The van der Waals surface area contributed by atoms with Gasteiger partial charge in [-0.15, -0.1) is 0 Å². The van der Waals surface area contributed by atoms with Crippen LogP contribution in [0.3, 0.4) is 0 Å². The molecule has 0 radical (unpaired) electrons. The molecule has 0 amide bonds. The molecule has 3 rings (SSSR count). The summed E-state index contributed by atoms with van der Waals surface area (Å²) in [6.45, 7) is 2.04. The lowest BCUT2D eigenvalue weighted by Gasteiger charge is -2.21. The van der Waals surface area contributed by atoms with Crippen molar-refractivity contribution in [2.75, 3.05) is 11.4 Å². The van der Waals surface area contributed by atoms with Crippen molar-refractivity contribution in [1.82, 2.24) is 4.98 Å². The minimum Gasteiger partial charge on any atom is -0.352 e. The number of benzene rings is 1. The molecule has 2 nitrogen and oxygen atoms in total. The second kappa shape index (κ2) is 5.11. The first-order valence-corrected chi connectivity index (χ1v) is 7.05. The van der Waals surface area contributed by atoms with Crippen molar-refractivity contribution < 1.29 is 0 Å². The summed E-state index contributed by atoms with van der Waals surface area (Å²) in [6, 6.07) is 12.9. The highest BCUT2D eigenvalue weighted by molar-refractivity contribution is 9.10. The average Bonchev–Trinajstić information content (AvgIpc) is 2.61. The summed E-state index contributed by atoms with van der Waals surface area (Å²) in [6.07, 6.45) is 4.23. The van der Waals surface area contributed by atoms with Gasteiger partial charge in [0.1, 0.15) is 5.82 Å². The molecule has 0 spiro atoms. The number of fused-ring (bicyclic) bond motifs is 1. The number of halogens is 1. The molecule has 0 N–H and O–H groups in total. The number of hydrogen-bond donors (Lipinski definition) is 0. The first-order chi connectivity index (χ1) is 8.83. The Morgan fingerprint density at radius 3 is 2.67 bits per heavy atom. The molecule has 2 heterocycles. The standard InChI is InChI=1S/C15H15BrN2/c16-14-7-8-15(17-10-14)18-9-3-6-12-4-1-2-5-13(12)11-18/h1-2,4-5,7-8,10H,3,6,9,11H2.